The molecule has 0 saturated heterocycles. The minimum absolute atomic E-state index is 0.337. The molecule has 0 atom stereocenters. The second kappa shape index (κ2) is 7.97. The van der Waals surface area contributed by atoms with Crippen molar-refractivity contribution in [3.05, 3.63) is 35.4 Å². The zero-order valence-electron chi connectivity index (χ0n) is 15.1. The molecule has 2 aliphatic rings. The van der Waals surface area contributed by atoms with E-state index in [1.165, 1.54) is 25.7 Å². The van der Waals surface area contributed by atoms with Gasteiger partial charge in [-0.05, 0) is 55.9 Å². The molecule has 0 bridgehead atoms. The SMILES string of the molecule is CCC[C@H]1CC[C@H](c2ccccc2C(F)(F)C2CCCCC2)CC1. The summed E-state index contributed by atoms with van der Waals surface area (Å²) in [4.78, 5) is 0. The first-order valence-electron chi connectivity index (χ1n) is 10.1. The van der Waals surface area contributed by atoms with Gasteiger partial charge in [-0.2, -0.15) is 0 Å². The van der Waals surface area contributed by atoms with Gasteiger partial charge in [-0.1, -0.05) is 63.3 Å². The van der Waals surface area contributed by atoms with Crippen LogP contribution in [0, 0.1) is 11.8 Å². The van der Waals surface area contributed by atoms with Crippen molar-refractivity contribution in [1.82, 2.24) is 0 Å². The lowest BCUT2D eigenvalue weighted by Crippen LogP contribution is -2.29. The average Bonchev–Trinajstić information content (AvgIpc) is 2.63. The van der Waals surface area contributed by atoms with E-state index in [1.54, 1.807) is 12.1 Å². The number of alkyl halides is 2. The van der Waals surface area contributed by atoms with Crippen LogP contribution in [0.5, 0.6) is 0 Å². The van der Waals surface area contributed by atoms with Crippen LogP contribution in [0.1, 0.15) is 94.6 Å². The summed E-state index contributed by atoms with van der Waals surface area (Å²) < 4.78 is 30.5. The number of rotatable bonds is 5. The van der Waals surface area contributed by atoms with E-state index >= 15 is 8.78 Å². The first kappa shape index (κ1) is 17.9. The minimum atomic E-state index is -2.66. The highest BCUT2D eigenvalue weighted by Crippen LogP contribution is 2.48. The van der Waals surface area contributed by atoms with Gasteiger partial charge in [0.1, 0.15) is 0 Å². The van der Waals surface area contributed by atoms with Crippen molar-refractivity contribution in [3.63, 3.8) is 0 Å². The van der Waals surface area contributed by atoms with Gasteiger partial charge in [0.25, 0.3) is 5.92 Å². The predicted molar refractivity (Wildman–Crippen MR) is 96.5 cm³/mol. The van der Waals surface area contributed by atoms with Crippen LogP contribution in [0.25, 0.3) is 0 Å². The monoisotopic (exact) mass is 334 g/mol. The van der Waals surface area contributed by atoms with Crippen LogP contribution in [-0.4, -0.2) is 0 Å². The van der Waals surface area contributed by atoms with Gasteiger partial charge in [0.15, 0.2) is 0 Å². The Labute approximate surface area is 146 Å². The van der Waals surface area contributed by atoms with Crippen LogP contribution >= 0.6 is 0 Å². The third kappa shape index (κ3) is 3.83. The average molecular weight is 334 g/mol. The molecule has 0 heterocycles. The summed E-state index contributed by atoms with van der Waals surface area (Å²) in [6, 6.07) is 7.45. The molecular weight excluding hydrogens is 302 g/mol. The van der Waals surface area contributed by atoms with Crippen molar-refractivity contribution in [1.29, 1.82) is 0 Å². The van der Waals surface area contributed by atoms with E-state index in [-0.39, 0.29) is 0 Å². The third-order valence-electron chi connectivity index (χ3n) is 6.42. The van der Waals surface area contributed by atoms with Crippen molar-refractivity contribution in [3.8, 4) is 0 Å². The number of halogens is 2. The van der Waals surface area contributed by atoms with E-state index in [9.17, 15) is 0 Å². The van der Waals surface area contributed by atoms with Gasteiger partial charge < -0.3 is 0 Å². The fourth-order valence-corrected chi connectivity index (χ4v) is 5.01. The van der Waals surface area contributed by atoms with Crippen molar-refractivity contribution in [2.45, 2.75) is 89.4 Å². The van der Waals surface area contributed by atoms with Crippen molar-refractivity contribution < 1.29 is 8.78 Å². The van der Waals surface area contributed by atoms with Crippen LogP contribution in [0.4, 0.5) is 8.78 Å². The highest BCUT2D eigenvalue weighted by Gasteiger charge is 2.43. The summed E-state index contributed by atoms with van der Waals surface area (Å²) >= 11 is 0. The quantitative estimate of drug-likeness (QED) is 0.525. The fourth-order valence-electron chi connectivity index (χ4n) is 5.01. The molecule has 2 fully saturated rings. The van der Waals surface area contributed by atoms with Crippen LogP contribution in [0.15, 0.2) is 24.3 Å². The van der Waals surface area contributed by atoms with E-state index in [2.05, 4.69) is 6.92 Å². The van der Waals surface area contributed by atoms with Crippen LogP contribution in [-0.2, 0) is 5.92 Å². The molecule has 0 N–H and O–H groups in total. The van der Waals surface area contributed by atoms with Crippen molar-refractivity contribution >= 4 is 0 Å². The Morgan fingerprint density at radius 2 is 1.58 bits per heavy atom. The van der Waals surface area contributed by atoms with E-state index in [1.807, 2.05) is 12.1 Å². The van der Waals surface area contributed by atoms with Crippen molar-refractivity contribution in [2.24, 2.45) is 11.8 Å². The lowest BCUT2D eigenvalue weighted by Gasteiger charge is -2.35. The number of benzene rings is 1. The Hall–Kier alpha value is -0.920. The Balaban J connectivity index is 1.78. The maximum atomic E-state index is 15.3. The van der Waals surface area contributed by atoms with Gasteiger partial charge >= 0.3 is 0 Å². The predicted octanol–water partition coefficient (Wildman–Crippen LogP) is 7.43. The van der Waals surface area contributed by atoms with Crippen LogP contribution in [0.3, 0.4) is 0 Å². The van der Waals surface area contributed by atoms with E-state index in [4.69, 9.17) is 0 Å². The number of hydrogen-bond donors (Lipinski definition) is 0. The smallest absolute Gasteiger partial charge is 0.201 e. The van der Waals surface area contributed by atoms with E-state index < -0.39 is 11.8 Å². The summed E-state index contributed by atoms with van der Waals surface area (Å²) in [5, 5.41) is 0. The number of hydrogen-bond acceptors (Lipinski definition) is 0. The highest BCUT2D eigenvalue weighted by atomic mass is 19.3. The molecule has 1 aromatic carbocycles. The van der Waals surface area contributed by atoms with Crippen LogP contribution < -0.4 is 0 Å². The molecule has 3 rings (SSSR count). The summed E-state index contributed by atoms with van der Waals surface area (Å²) in [5.41, 5.74) is 1.29. The lowest BCUT2D eigenvalue weighted by molar-refractivity contribution is -0.0787. The normalized spacial score (nSPS) is 26.5. The van der Waals surface area contributed by atoms with Gasteiger partial charge in [-0.15, -0.1) is 0 Å². The summed E-state index contributed by atoms with van der Waals surface area (Å²) in [6.07, 6.45) is 11.5. The molecule has 2 heteroatoms. The standard InChI is InChI=1S/C22H32F2/c1-2-8-17-13-15-18(16-14-17)20-11-6-7-12-21(20)22(23,24)19-9-4-3-5-10-19/h6-7,11-12,17-19H,2-5,8-10,13-16H2,1H3/t17-,18-. The second-order valence-electron chi connectivity index (χ2n) is 8.05. The van der Waals surface area contributed by atoms with E-state index in [0.29, 0.717) is 24.3 Å². The first-order valence-corrected chi connectivity index (χ1v) is 10.1. The van der Waals surface area contributed by atoms with Gasteiger partial charge in [0, 0.05) is 11.5 Å². The Bertz CT molecular complexity index is 508. The largest absolute Gasteiger partial charge is 0.276 e. The third-order valence-corrected chi connectivity index (χ3v) is 6.42. The fraction of sp³-hybridized carbons (Fsp3) is 0.727. The summed E-state index contributed by atoms with van der Waals surface area (Å²) in [5.74, 6) is -1.96. The highest BCUT2D eigenvalue weighted by molar-refractivity contribution is 5.35. The molecule has 0 nitrogen and oxygen atoms in total. The zero-order valence-corrected chi connectivity index (χ0v) is 15.1. The van der Waals surface area contributed by atoms with Gasteiger partial charge in [0.05, 0.1) is 0 Å². The maximum absolute atomic E-state index is 15.3. The van der Waals surface area contributed by atoms with Crippen LogP contribution in [0.2, 0.25) is 0 Å². The zero-order chi connectivity index (χ0) is 17.0. The molecule has 0 aromatic heterocycles. The molecule has 134 valence electrons. The summed E-state index contributed by atoms with van der Waals surface area (Å²) in [7, 11) is 0. The molecule has 2 saturated carbocycles. The molecule has 2 aliphatic carbocycles. The molecule has 1 aromatic rings. The molecule has 24 heavy (non-hydrogen) atoms. The molecule has 0 spiro atoms. The van der Waals surface area contributed by atoms with E-state index in [0.717, 1.165) is 43.6 Å². The molecule has 0 amide bonds. The Kier molecular flexibility index (Phi) is 5.94. The second-order valence-corrected chi connectivity index (χ2v) is 8.05. The Morgan fingerprint density at radius 3 is 2.25 bits per heavy atom. The minimum Gasteiger partial charge on any atom is -0.201 e. The van der Waals surface area contributed by atoms with Crippen molar-refractivity contribution in [2.75, 3.05) is 0 Å². The maximum Gasteiger partial charge on any atom is 0.276 e. The molecule has 0 aliphatic heterocycles. The lowest BCUT2D eigenvalue weighted by atomic mass is 9.73. The molecular formula is C22H32F2. The summed E-state index contributed by atoms with van der Waals surface area (Å²) in [6.45, 7) is 2.24. The molecule has 0 unspecified atom stereocenters. The Morgan fingerprint density at radius 1 is 0.917 bits per heavy atom. The topological polar surface area (TPSA) is 0 Å². The first-order chi connectivity index (χ1) is 11.6. The van der Waals surface area contributed by atoms with Gasteiger partial charge in [0.2, 0.25) is 0 Å². The van der Waals surface area contributed by atoms with Gasteiger partial charge in [-0.25, -0.2) is 8.78 Å². The molecule has 0 radical (unpaired) electrons. The van der Waals surface area contributed by atoms with Gasteiger partial charge in [-0.3, -0.25) is 0 Å².